The van der Waals surface area contributed by atoms with Crippen molar-refractivity contribution in [2.75, 3.05) is 6.61 Å². The highest BCUT2D eigenvalue weighted by Gasteiger charge is 2.55. The SMILES string of the molecule is CCOC(=O)N1C(=O)C(O[Si](CC)(CC)CC)C1c1ccccc1. The van der Waals surface area contributed by atoms with Gasteiger partial charge in [-0.3, -0.25) is 4.79 Å². The summed E-state index contributed by atoms with van der Waals surface area (Å²) in [6, 6.07) is 12.1. The van der Waals surface area contributed by atoms with Crippen molar-refractivity contribution in [3.8, 4) is 0 Å². The first-order chi connectivity index (χ1) is 11.5. The minimum atomic E-state index is -1.95. The number of amides is 2. The van der Waals surface area contributed by atoms with Crippen LogP contribution in [0.4, 0.5) is 4.79 Å². The summed E-state index contributed by atoms with van der Waals surface area (Å²) in [5, 5.41) is 0. The summed E-state index contributed by atoms with van der Waals surface area (Å²) in [6.07, 6.45) is -1.17. The summed E-state index contributed by atoms with van der Waals surface area (Å²) in [4.78, 5) is 26.0. The maximum absolute atomic E-state index is 12.6. The highest BCUT2D eigenvalue weighted by molar-refractivity contribution is 6.73. The van der Waals surface area contributed by atoms with Crippen LogP contribution in [0.15, 0.2) is 30.3 Å². The molecule has 1 heterocycles. The van der Waals surface area contributed by atoms with E-state index in [-0.39, 0.29) is 12.5 Å². The molecular formula is C18H27NO4Si. The number of hydrogen-bond acceptors (Lipinski definition) is 4. The van der Waals surface area contributed by atoms with Gasteiger partial charge in [-0.2, -0.15) is 0 Å². The van der Waals surface area contributed by atoms with Crippen molar-refractivity contribution in [1.82, 2.24) is 4.90 Å². The Balaban J connectivity index is 2.30. The largest absolute Gasteiger partial charge is 0.449 e. The van der Waals surface area contributed by atoms with Gasteiger partial charge in [0, 0.05) is 0 Å². The Bertz CT molecular complexity index is 565. The van der Waals surface area contributed by atoms with Crippen LogP contribution < -0.4 is 0 Å². The van der Waals surface area contributed by atoms with Crippen LogP contribution in [-0.2, 0) is 14.0 Å². The average molecular weight is 350 g/mol. The van der Waals surface area contributed by atoms with E-state index < -0.39 is 26.6 Å². The number of rotatable bonds is 7. The first kappa shape index (κ1) is 18.7. The summed E-state index contributed by atoms with van der Waals surface area (Å²) in [6.45, 7) is 8.36. The number of nitrogens with zero attached hydrogens (tertiary/aromatic N) is 1. The van der Waals surface area contributed by atoms with E-state index in [0.29, 0.717) is 0 Å². The first-order valence-corrected chi connectivity index (χ1v) is 11.3. The van der Waals surface area contributed by atoms with Crippen LogP contribution in [0.5, 0.6) is 0 Å². The van der Waals surface area contributed by atoms with Gasteiger partial charge in [0.2, 0.25) is 0 Å². The van der Waals surface area contributed by atoms with Crippen molar-refractivity contribution < 1.29 is 18.8 Å². The Morgan fingerprint density at radius 2 is 1.67 bits per heavy atom. The van der Waals surface area contributed by atoms with Crippen LogP contribution in [0, 0.1) is 0 Å². The van der Waals surface area contributed by atoms with E-state index in [9.17, 15) is 9.59 Å². The van der Waals surface area contributed by atoms with Crippen molar-refractivity contribution in [3.05, 3.63) is 35.9 Å². The molecule has 1 aromatic rings. The van der Waals surface area contributed by atoms with E-state index >= 15 is 0 Å². The molecule has 1 aromatic carbocycles. The molecule has 0 spiro atoms. The van der Waals surface area contributed by atoms with Crippen LogP contribution in [0.1, 0.15) is 39.3 Å². The molecule has 1 aliphatic rings. The summed E-state index contributed by atoms with van der Waals surface area (Å²) in [7, 11) is -1.95. The number of carbonyl (C=O) groups excluding carboxylic acids is 2. The van der Waals surface area contributed by atoms with E-state index in [1.165, 1.54) is 4.90 Å². The van der Waals surface area contributed by atoms with E-state index in [1.807, 2.05) is 30.3 Å². The average Bonchev–Trinajstić information content (AvgIpc) is 2.62. The van der Waals surface area contributed by atoms with Crippen LogP contribution in [-0.4, -0.2) is 37.9 Å². The van der Waals surface area contributed by atoms with Gasteiger partial charge in [-0.05, 0) is 30.6 Å². The molecule has 1 saturated heterocycles. The molecule has 0 radical (unpaired) electrons. The Kier molecular flexibility index (Phi) is 6.18. The summed E-state index contributed by atoms with van der Waals surface area (Å²) < 4.78 is 11.4. The predicted molar refractivity (Wildman–Crippen MR) is 95.1 cm³/mol. The minimum absolute atomic E-state index is 0.243. The third kappa shape index (κ3) is 3.39. The number of hydrogen-bond donors (Lipinski definition) is 0. The monoisotopic (exact) mass is 349 g/mol. The maximum Gasteiger partial charge on any atom is 0.417 e. The predicted octanol–water partition coefficient (Wildman–Crippen LogP) is 4.12. The topological polar surface area (TPSA) is 55.8 Å². The Morgan fingerprint density at radius 3 is 2.17 bits per heavy atom. The van der Waals surface area contributed by atoms with Gasteiger partial charge >= 0.3 is 6.09 Å². The van der Waals surface area contributed by atoms with Crippen molar-refractivity contribution in [2.45, 2.75) is 58.0 Å². The highest BCUT2D eigenvalue weighted by Crippen LogP contribution is 2.40. The molecule has 0 aliphatic carbocycles. The summed E-state index contributed by atoms with van der Waals surface area (Å²) in [5.41, 5.74) is 0.904. The lowest BCUT2D eigenvalue weighted by Gasteiger charge is -2.48. The number of likely N-dealkylation sites (tertiary alicyclic amines) is 1. The molecule has 2 amide bonds. The highest BCUT2D eigenvalue weighted by atomic mass is 28.4. The van der Waals surface area contributed by atoms with Gasteiger partial charge in [0.05, 0.1) is 6.61 Å². The van der Waals surface area contributed by atoms with Gasteiger partial charge in [0.1, 0.15) is 6.04 Å². The molecule has 1 aliphatic heterocycles. The Morgan fingerprint density at radius 1 is 1.08 bits per heavy atom. The van der Waals surface area contributed by atoms with E-state index in [4.69, 9.17) is 9.16 Å². The summed E-state index contributed by atoms with van der Waals surface area (Å²) in [5.74, 6) is -0.283. The Hall–Kier alpha value is -1.66. The van der Waals surface area contributed by atoms with Gasteiger partial charge in [-0.1, -0.05) is 51.1 Å². The fourth-order valence-electron chi connectivity index (χ4n) is 3.22. The van der Waals surface area contributed by atoms with Gasteiger partial charge in [-0.25, -0.2) is 9.69 Å². The van der Waals surface area contributed by atoms with Crippen LogP contribution >= 0.6 is 0 Å². The smallest absolute Gasteiger partial charge is 0.417 e. The molecule has 132 valence electrons. The lowest BCUT2D eigenvalue weighted by atomic mass is 9.91. The second kappa shape index (κ2) is 7.94. The van der Waals surface area contributed by atoms with Gasteiger partial charge < -0.3 is 9.16 Å². The van der Waals surface area contributed by atoms with Crippen LogP contribution in [0.2, 0.25) is 18.1 Å². The molecule has 2 atom stereocenters. The van der Waals surface area contributed by atoms with Crippen molar-refractivity contribution in [1.29, 1.82) is 0 Å². The number of carbonyl (C=O) groups is 2. The zero-order valence-electron chi connectivity index (χ0n) is 15.0. The normalized spacial score (nSPS) is 20.7. The van der Waals surface area contributed by atoms with Crippen LogP contribution in [0.25, 0.3) is 0 Å². The van der Waals surface area contributed by atoms with E-state index in [2.05, 4.69) is 20.8 Å². The molecule has 1 fully saturated rings. The Labute approximate surface area is 145 Å². The third-order valence-corrected chi connectivity index (χ3v) is 9.58. The fraction of sp³-hybridized carbons (Fsp3) is 0.556. The maximum atomic E-state index is 12.6. The number of ether oxygens (including phenoxy) is 1. The third-order valence-electron chi connectivity index (χ3n) is 4.96. The van der Waals surface area contributed by atoms with E-state index in [0.717, 1.165) is 23.7 Å². The molecule has 0 N–H and O–H groups in total. The molecular weight excluding hydrogens is 322 g/mol. The van der Waals surface area contributed by atoms with Gasteiger partial charge in [0.25, 0.3) is 5.91 Å². The quantitative estimate of drug-likeness (QED) is 0.549. The number of β-lactam (4-membered cyclic amide) rings is 1. The van der Waals surface area contributed by atoms with Crippen molar-refractivity contribution >= 4 is 20.3 Å². The summed E-state index contributed by atoms with van der Waals surface area (Å²) >= 11 is 0. The first-order valence-electron chi connectivity index (χ1n) is 8.76. The van der Waals surface area contributed by atoms with Gasteiger partial charge in [0.15, 0.2) is 14.4 Å². The molecule has 24 heavy (non-hydrogen) atoms. The van der Waals surface area contributed by atoms with Crippen molar-refractivity contribution in [2.24, 2.45) is 0 Å². The second-order valence-electron chi connectivity index (χ2n) is 6.04. The molecule has 5 nitrogen and oxygen atoms in total. The standard InChI is InChI=1S/C18H27NO4Si/c1-5-22-18(21)19-15(14-12-10-9-11-13-14)16(17(19)20)23-24(6-2,7-3)8-4/h9-13,15-16H,5-8H2,1-4H3. The fourth-order valence-corrected chi connectivity index (χ4v) is 5.99. The van der Waals surface area contributed by atoms with Crippen LogP contribution in [0.3, 0.4) is 0 Å². The van der Waals surface area contributed by atoms with Gasteiger partial charge in [-0.15, -0.1) is 0 Å². The second-order valence-corrected chi connectivity index (χ2v) is 10.8. The molecule has 0 bridgehead atoms. The van der Waals surface area contributed by atoms with E-state index in [1.54, 1.807) is 6.92 Å². The zero-order chi connectivity index (χ0) is 17.7. The molecule has 0 saturated carbocycles. The lowest BCUT2D eigenvalue weighted by Crippen LogP contribution is -2.64. The number of imide groups is 1. The zero-order valence-corrected chi connectivity index (χ0v) is 16.0. The molecule has 6 heteroatoms. The number of benzene rings is 1. The molecule has 0 aromatic heterocycles. The molecule has 2 unspecified atom stereocenters. The minimum Gasteiger partial charge on any atom is -0.449 e. The van der Waals surface area contributed by atoms with Crippen molar-refractivity contribution in [3.63, 3.8) is 0 Å². The molecule has 2 rings (SSSR count). The lowest BCUT2D eigenvalue weighted by molar-refractivity contribution is -0.160.